The van der Waals surface area contributed by atoms with Crippen molar-refractivity contribution >= 4 is 17.3 Å². The van der Waals surface area contributed by atoms with Gasteiger partial charge in [-0.3, -0.25) is 14.9 Å². The van der Waals surface area contributed by atoms with Crippen LogP contribution in [0.25, 0.3) is 0 Å². The number of carbonyl (C=O) groups is 1. The first-order chi connectivity index (χ1) is 11.1. The summed E-state index contributed by atoms with van der Waals surface area (Å²) in [5, 5.41) is 14.7. The molecular weight excluding hydrogens is 294 g/mol. The van der Waals surface area contributed by atoms with Crippen molar-refractivity contribution in [2.24, 2.45) is 5.73 Å². The van der Waals surface area contributed by atoms with E-state index >= 15 is 0 Å². The summed E-state index contributed by atoms with van der Waals surface area (Å²) in [4.78, 5) is 22.8. The molecule has 0 aliphatic heterocycles. The van der Waals surface area contributed by atoms with Crippen molar-refractivity contribution in [2.45, 2.75) is 63.3 Å². The van der Waals surface area contributed by atoms with Crippen LogP contribution in [0.15, 0.2) is 12.1 Å². The minimum Gasteiger partial charge on any atom is -0.377 e. The number of nitrogens with two attached hydrogens (primary N) is 1. The van der Waals surface area contributed by atoms with Gasteiger partial charge in [0.2, 0.25) is 5.91 Å². The van der Waals surface area contributed by atoms with E-state index in [4.69, 9.17) is 5.73 Å². The highest BCUT2D eigenvalue weighted by Crippen LogP contribution is 2.40. The van der Waals surface area contributed by atoms with Crippen molar-refractivity contribution in [1.29, 1.82) is 0 Å². The fraction of sp³-hybridized carbons (Fsp3) is 0.588. The van der Waals surface area contributed by atoms with Gasteiger partial charge in [0, 0.05) is 17.7 Å². The lowest BCUT2D eigenvalue weighted by molar-refractivity contribution is -0.384. The summed E-state index contributed by atoms with van der Waals surface area (Å²) < 4.78 is 0. The molecule has 0 radical (unpaired) electrons. The largest absolute Gasteiger partial charge is 0.377 e. The molecule has 0 saturated heterocycles. The molecule has 6 nitrogen and oxygen atoms in total. The van der Waals surface area contributed by atoms with Gasteiger partial charge in [-0.05, 0) is 43.2 Å². The summed E-state index contributed by atoms with van der Waals surface area (Å²) in [6.07, 6.45) is 8.67. The number of hydrogen-bond acceptors (Lipinski definition) is 4. The standard InChI is InChI=1S/C17H23N3O3/c18-17(21)14-10-16(20(22)23)15(19-12-7-3-4-8-12)9-13(14)11-5-1-2-6-11/h9-12,19H,1-8H2,(H2,18,21). The van der Waals surface area contributed by atoms with Crippen molar-refractivity contribution in [3.05, 3.63) is 33.4 Å². The summed E-state index contributed by atoms with van der Waals surface area (Å²) in [7, 11) is 0. The topological polar surface area (TPSA) is 98.3 Å². The van der Waals surface area contributed by atoms with E-state index in [1.165, 1.54) is 6.07 Å². The van der Waals surface area contributed by atoms with Crippen molar-refractivity contribution < 1.29 is 9.72 Å². The number of carbonyl (C=O) groups excluding carboxylic acids is 1. The van der Waals surface area contributed by atoms with Gasteiger partial charge in [-0.2, -0.15) is 0 Å². The number of anilines is 1. The van der Waals surface area contributed by atoms with E-state index < -0.39 is 10.8 Å². The minimum absolute atomic E-state index is 0.0487. The van der Waals surface area contributed by atoms with Crippen LogP contribution >= 0.6 is 0 Å². The zero-order valence-electron chi connectivity index (χ0n) is 13.2. The first kappa shape index (κ1) is 15.8. The predicted octanol–water partition coefficient (Wildman–Crippen LogP) is 3.71. The maximum Gasteiger partial charge on any atom is 0.293 e. The SMILES string of the molecule is NC(=O)c1cc([N+](=O)[O-])c(NC2CCCC2)cc1C1CCCC1. The molecule has 23 heavy (non-hydrogen) atoms. The summed E-state index contributed by atoms with van der Waals surface area (Å²) in [5.41, 5.74) is 7.15. The molecular formula is C17H23N3O3. The molecule has 1 aromatic carbocycles. The Morgan fingerprint density at radius 2 is 1.74 bits per heavy atom. The zero-order chi connectivity index (χ0) is 16.4. The Morgan fingerprint density at radius 3 is 2.30 bits per heavy atom. The van der Waals surface area contributed by atoms with Crippen molar-refractivity contribution in [3.63, 3.8) is 0 Å². The van der Waals surface area contributed by atoms with Crippen LogP contribution in [0.1, 0.15) is 73.2 Å². The Labute approximate surface area is 135 Å². The third-order valence-electron chi connectivity index (χ3n) is 5.14. The van der Waals surface area contributed by atoms with Crippen LogP contribution in [0.2, 0.25) is 0 Å². The van der Waals surface area contributed by atoms with Crippen LogP contribution < -0.4 is 11.1 Å². The van der Waals surface area contributed by atoms with Crippen LogP contribution in [0.3, 0.4) is 0 Å². The van der Waals surface area contributed by atoms with Gasteiger partial charge in [0.1, 0.15) is 5.69 Å². The fourth-order valence-electron chi connectivity index (χ4n) is 3.95. The first-order valence-electron chi connectivity index (χ1n) is 8.45. The van der Waals surface area contributed by atoms with Gasteiger partial charge in [0.25, 0.3) is 5.69 Å². The van der Waals surface area contributed by atoms with E-state index in [0.717, 1.165) is 56.9 Å². The molecule has 2 aliphatic rings. The van der Waals surface area contributed by atoms with Gasteiger partial charge < -0.3 is 11.1 Å². The number of nitro groups is 1. The number of hydrogen-bond donors (Lipinski definition) is 2. The van der Waals surface area contributed by atoms with Crippen LogP contribution in [-0.2, 0) is 0 Å². The van der Waals surface area contributed by atoms with E-state index in [2.05, 4.69) is 5.32 Å². The van der Waals surface area contributed by atoms with Gasteiger partial charge in [-0.25, -0.2) is 0 Å². The fourth-order valence-corrected chi connectivity index (χ4v) is 3.95. The number of primary amides is 1. The number of amides is 1. The van der Waals surface area contributed by atoms with Crippen LogP contribution in [0, 0.1) is 10.1 Å². The third kappa shape index (κ3) is 3.30. The molecule has 0 unspecified atom stereocenters. The third-order valence-corrected chi connectivity index (χ3v) is 5.14. The Morgan fingerprint density at radius 1 is 1.13 bits per heavy atom. The number of rotatable bonds is 5. The van der Waals surface area contributed by atoms with E-state index in [0.29, 0.717) is 11.3 Å². The van der Waals surface area contributed by atoms with Gasteiger partial charge in [-0.15, -0.1) is 0 Å². The Kier molecular flexibility index (Phi) is 4.50. The number of benzene rings is 1. The Balaban J connectivity index is 2.02. The van der Waals surface area contributed by atoms with Crippen molar-refractivity contribution in [3.8, 4) is 0 Å². The van der Waals surface area contributed by atoms with Crippen LogP contribution in [0.5, 0.6) is 0 Å². The molecule has 1 amide bonds. The first-order valence-corrected chi connectivity index (χ1v) is 8.45. The molecule has 0 spiro atoms. The molecule has 124 valence electrons. The van der Waals surface area contributed by atoms with Gasteiger partial charge in [0.05, 0.1) is 4.92 Å². The van der Waals surface area contributed by atoms with E-state index in [-0.39, 0.29) is 17.6 Å². The van der Waals surface area contributed by atoms with Gasteiger partial charge >= 0.3 is 0 Å². The van der Waals surface area contributed by atoms with Crippen LogP contribution in [-0.4, -0.2) is 16.9 Å². The number of nitrogens with one attached hydrogen (secondary N) is 1. The molecule has 2 aliphatic carbocycles. The lowest BCUT2D eigenvalue weighted by atomic mass is 9.91. The normalized spacial score (nSPS) is 19.1. The predicted molar refractivity (Wildman–Crippen MR) is 88.7 cm³/mol. The maximum atomic E-state index is 11.8. The molecule has 3 N–H and O–H groups in total. The molecule has 0 heterocycles. The number of nitrogens with zero attached hydrogens (tertiary/aromatic N) is 1. The van der Waals surface area contributed by atoms with E-state index in [1.807, 2.05) is 6.07 Å². The number of nitro benzene ring substituents is 1. The molecule has 2 saturated carbocycles. The zero-order valence-corrected chi connectivity index (χ0v) is 13.2. The summed E-state index contributed by atoms with van der Waals surface area (Å²) in [6, 6.07) is 3.46. The highest BCUT2D eigenvalue weighted by atomic mass is 16.6. The minimum atomic E-state index is -0.581. The molecule has 0 atom stereocenters. The summed E-state index contributed by atoms with van der Waals surface area (Å²) in [6.45, 7) is 0. The quantitative estimate of drug-likeness (QED) is 0.639. The second kappa shape index (κ2) is 6.56. The lowest BCUT2D eigenvalue weighted by Gasteiger charge is -2.19. The summed E-state index contributed by atoms with van der Waals surface area (Å²) in [5.74, 6) is -0.301. The molecule has 0 aromatic heterocycles. The summed E-state index contributed by atoms with van der Waals surface area (Å²) >= 11 is 0. The highest BCUT2D eigenvalue weighted by molar-refractivity contribution is 5.96. The smallest absolute Gasteiger partial charge is 0.293 e. The lowest BCUT2D eigenvalue weighted by Crippen LogP contribution is -2.19. The van der Waals surface area contributed by atoms with Crippen LogP contribution in [0.4, 0.5) is 11.4 Å². The second-order valence-electron chi connectivity index (χ2n) is 6.69. The second-order valence-corrected chi connectivity index (χ2v) is 6.69. The molecule has 6 heteroatoms. The average Bonchev–Trinajstić information content (AvgIpc) is 3.19. The Bertz CT molecular complexity index is 618. The van der Waals surface area contributed by atoms with E-state index in [1.54, 1.807) is 0 Å². The van der Waals surface area contributed by atoms with Crippen molar-refractivity contribution in [2.75, 3.05) is 5.32 Å². The molecule has 2 fully saturated rings. The highest BCUT2D eigenvalue weighted by Gasteiger charge is 2.28. The molecule has 3 rings (SSSR count). The van der Waals surface area contributed by atoms with Gasteiger partial charge in [-0.1, -0.05) is 25.7 Å². The Hall–Kier alpha value is -2.11. The monoisotopic (exact) mass is 317 g/mol. The van der Waals surface area contributed by atoms with Crippen molar-refractivity contribution in [1.82, 2.24) is 0 Å². The van der Waals surface area contributed by atoms with Gasteiger partial charge in [0.15, 0.2) is 0 Å². The maximum absolute atomic E-state index is 11.8. The molecule has 1 aromatic rings. The molecule has 0 bridgehead atoms. The average molecular weight is 317 g/mol. The van der Waals surface area contributed by atoms with E-state index in [9.17, 15) is 14.9 Å².